The molecule has 0 bridgehead atoms. The molecule has 17 nitrogen and oxygen atoms in total. The highest BCUT2D eigenvalue weighted by Gasteiger charge is 2.40. The number of thioether (sulfide) groups is 2. The molecule has 0 aliphatic heterocycles. The summed E-state index contributed by atoms with van der Waals surface area (Å²) in [5.74, 6) is -4.11. The minimum Gasteiger partial charge on any atom is -0.465 e. The largest absolute Gasteiger partial charge is 0.465 e. The van der Waals surface area contributed by atoms with Gasteiger partial charge in [-0.3, -0.25) is 14.4 Å². The van der Waals surface area contributed by atoms with Crippen LogP contribution in [-0.2, 0) is 71.5 Å². The number of ether oxygens (including phenoxy) is 8. The maximum atomic E-state index is 12.7. The van der Waals surface area contributed by atoms with Crippen LogP contribution >= 0.6 is 23.5 Å². The molecule has 0 aliphatic rings. The van der Waals surface area contributed by atoms with Crippen LogP contribution < -0.4 is 0 Å². The average molecular weight is 807 g/mol. The summed E-state index contributed by atoms with van der Waals surface area (Å²) in [6.07, 6.45) is 3.06. The van der Waals surface area contributed by atoms with Crippen LogP contribution in [0.25, 0.3) is 0 Å². The number of esters is 7. The lowest BCUT2D eigenvalue weighted by Gasteiger charge is -2.35. The molecule has 0 fully saturated rings. The fraction of sp³-hybridized carbons (Fsp3) is 0.571. The van der Waals surface area contributed by atoms with E-state index in [0.29, 0.717) is 23.0 Å². The number of carbonyl (C=O) groups excluding carboxylic acids is 7. The standard InChI is InChI=1S/C35H50O17S2/c1-5-27(38)46-14-9-31(42)50-24-35(25-51-32(43)10-15-53-17-12-36,26-52-33(44)11-16-54-18-13-37)20-45-19-34(21-47-28(39)6-2,22-48-29(40)7-3)23-49-30(41)8-4/h5-8,36-37H,1-4,9-26H2. The second-order valence-electron chi connectivity index (χ2n) is 11.2. The van der Waals surface area contributed by atoms with Crippen molar-refractivity contribution in [2.45, 2.75) is 19.3 Å². The highest BCUT2D eigenvalue weighted by molar-refractivity contribution is 7.99. The van der Waals surface area contributed by atoms with Gasteiger partial charge >= 0.3 is 41.8 Å². The van der Waals surface area contributed by atoms with Crippen LogP contribution in [0.4, 0.5) is 0 Å². The van der Waals surface area contributed by atoms with Crippen LogP contribution in [0.5, 0.6) is 0 Å². The molecule has 0 heterocycles. The van der Waals surface area contributed by atoms with E-state index >= 15 is 0 Å². The van der Waals surface area contributed by atoms with Gasteiger partial charge in [-0.25, -0.2) is 19.2 Å². The van der Waals surface area contributed by atoms with Crippen LogP contribution in [0.3, 0.4) is 0 Å². The Bertz CT molecular complexity index is 1160. The van der Waals surface area contributed by atoms with Gasteiger partial charge in [-0.05, 0) is 0 Å². The lowest BCUT2D eigenvalue weighted by Crippen LogP contribution is -2.47. The summed E-state index contributed by atoms with van der Waals surface area (Å²) in [4.78, 5) is 85.7. The van der Waals surface area contributed by atoms with Crippen molar-refractivity contribution in [1.82, 2.24) is 0 Å². The van der Waals surface area contributed by atoms with Gasteiger partial charge in [0.1, 0.15) is 46.2 Å². The van der Waals surface area contributed by atoms with Crippen molar-refractivity contribution in [1.29, 1.82) is 0 Å². The van der Waals surface area contributed by atoms with Gasteiger partial charge in [0.25, 0.3) is 0 Å². The molecule has 0 unspecified atom stereocenters. The molecule has 0 aromatic heterocycles. The zero-order valence-electron chi connectivity index (χ0n) is 30.2. The van der Waals surface area contributed by atoms with E-state index in [1.165, 1.54) is 23.5 Å². The van der Waals surface area contributed by atoms with Crippen molar-refractivity contribution in [2.75, 3.05) is 95.7 Å². The monoisotopic (exact) mass is 806 g/mol. The molecule has 0 aliphatic carbocycles. The summed E-state index contributed by atoms with van der Waals surface area (Å²) in [5, 5.41) is 18.0. The van der Waals surface area contributed by atoms with Gasteiger partial charge in [0.05, 0.1) is 56.5 Å². The van der Waals surface area contributed by atoms with Crippen molar-refractivity contribution in [3.05, 3.63) is 50.6 Å². The maximum absolute atomic E-state index is 12.7. The van der Waals surface area contributed by atoms with Crippen molar-refractivity contribution in [2.24, 2.45) is 10.8 Å². The Morgan fingerprint density at radius 1 is 0.444 bits per heavy atom. The molecular weight excluding hydrogens is 757 g/mol. The smallest absolute Gasteiger partial charge is 0.330 e. The summed E-state index contributed by atoms with van der Waals surface area (Å²) < 4.78 is 43.0. The fourth-order valence-electron chi connectivity index (χ4n) is 3.69. The van der Waals surface area contributed by atoms with Crippen LogP contribution in [0.1, 0.15) is 19.3 Å². The third-order valence-electron chi connectivity index (χ3n) is 6.59. The average Bonchev–Trinajstić information content (AvgIpc) is 3.18. The summed E-state index contributed by atoms with van der Waals surface area (Å²) >= 11 is 2.61. The van der Waals surface area contributed by atoms with Crippen LogP contribution in [0.2, 0.25) is 0 Å². The van der Waals surface area contributed by atoms with Crippen molar-refractivity contribution >= 4 is 65.3 Å². The maximum Gasteiger partial charge on any atom is 0.330 e. The molecule has 54 heavy (non-hydrogen) atoms. The normalized spacial score (nSPS) is 10.9. The van der Waals surface area contributed by atoms with Crippen LogP contribution in [0.15, 0.2) is 50.6 Å². The predicted octanol–water partition coefficient (Wildman–Crippen LogP) is 1.14. The first-order valence-corrected chi connectivity index (χ1v) is 18.7. The van der Waals surface area contributed by atoms with E-state index in [9.17, 15) is 33.6 Å². The second kappa shape index (κ2) is 30.2. The number of hydrogen-bond donors (Lipinski definition) is 2. The zero-order valence-corrected chi connectivity index (χ0v) is 31.8. The van der Waals surface area contributed by atoms with Gasteiger partial charge in [0, 0.05) is 47.3 Å². The molecule has 0 radical (unpaired) electrons. The fourth-order valence-corrected chi connectivity index (χ4v) is 4.98. The quantitative estimate of drug-likeness (QED) is 0.0410. The first kappa shape index (κ1) is 49.8. The SMILES string of the molecule is C=CC(=O)OCCC(=O)OCC(COCC(COC(=O)C=C)(COC(=O)C=C)COC(=O)C=C)(COC(=O)CCSCCO)COC(=O)CCSCCO. The molecule has 19 heteroatoms. The van der Waals surface area contributed by atoms with Gasteiger partial charge in [-0.1, -0.05) is 26.3 Å². The summed E-state index contributed by atoms with van der Waals surface area (Å²) in [6.45, 7) is 8.64. The third kappa shape index (κ3) is 24.2. The minimum atomic E-state index is -1.59. The number of carbonyl (C=O) groups is 7. The highest BCUT2D eigenvalue weighted by Crippen LogP contribution is 2.26. The van der Waals surface area contributed by atoms with E-state index in [2.05, 4.69) is 26.3 Å². The van der Waals surface area contributed by atoms with Crippen molar-refractivity contribution in [3.8, 4) is 0 Å². The molecule has 304 valence electrons. The highest BCUT2D eigenvalue weighted by atomic mass is 32.2. The van der Waals surface area contributed by atoms with Gasteiger partial charge in [0.2, 0.25) is 0 Å². The van der Waals surface area contributed by atoms with Crippen molar-refractivity contribution < 1.29 is 81.7 Å². The topological polar surface area (TPSA) is 234 Å². The third-order valence-corrected chi connectivity index (χ3v) is 8.51. The molecule has 0 spiro atoms. The number of aliphatic hydroxyl groups excluding tert-OH is 2. The molecule has 0 aromatic carbocycles. The van der Waals surface area contributed by atoms with E-state index in [1.54, 1.807) is 0 Å². The van der Waals surface area contributed by atoms with Crippen LogP contribution in [-0.4, -0.2) is 148 Å². The Morgan fingerprint density at radius 2 is 0.759 bits per heavy atom. The lowest BCUT2D eigenvalue weighted by molar-refractivity contribution is -0.173. The van der Waals surface area contributed by atoms with E-state index in [1.807, 2.05) is 0 Å². The summed E-state index contributed by atoms with van der Waals surface area (Å²) in [7, 11) is 0. The van der Waals surface area contributed by atoms with Gasteiger partial charge in [-0.15, -0.1) is 0 Å². The molecule has 2 N–H and O–H groups in total. The Kier molecular flexibility index (Phi) is 27.9. The van der Waals surface area contributed by atoms with Gasteiger partial charge in [0.15, 0.2) is 0 Å². The lowest BCUT2D eigenvalue weighted by atomic mass is 9.90. The Hall–Kier alpha value is -4.17. The van der Waals surface area contributed by atoms with Gasteiger partial charge < -0.3 is 48.1 Å². The predicted molar refractivity (Wildman–Crippen MR) is 196 cm³/mol. The number of aliphatic hydroxyl groups is 2. The molecule has 0 saturated heterocycles. The van der Waals surface area contributed by atoms with Crippen molar-refractivity contribution in [3.63, 3.8) is 0 Å². The molecule has 0 saturated carbocycles. The molecular formula is C35H50O17S2. The molecule has 0 amide bonds. The first-order valence-electron chi connectivity index (χ1n) is 16.4. The summed E-state index contributed by atoms with van der Waals surface area (Å²) in [6, 6.07) is 0. The van der Waals surface area contributed by atoms with Crippen LogP contribution in [0, 0.1) is 10.8 Å². The van der Waals surface area contributed by atoms with E-state index in [-0.39, 0.29) is 39.1 Å². The molecule has 0 atom stereocenters. The zero-order chi connectivity index (χ0) is 40.7. The Labute approximate surface area is 322 Å². The van der Waals surface area contributed by atoms with E-state index in [4.69, 9.17) is 48.1 Å². The Balaban J connectivity index is 6.56. The summed E-state index contributed by atoms with van der Waals surface area (Å²) in [5.41, 5.74) is -3.15. The van der Waals surface area contributed by atoms with E-state index < -0.39 is 105 Å². The minimum absolute atomic E-state index is 0.0565. The molecule has 0 rings (SSSR count). The number of hydrogen-bond acceptors (Lipinski definition) is 19. The second-order valence-corrected chi connectivity index (χ2v) is 13.7. The van der Waals surface area contributed by atoms with Gasteiger partial charge in [-0.2, -0.15) is 23.5 Å². The van der Waals surface area contributed by atoms with E-state index in [0.717, 1.165) is 24.3 Å². The first-order chi connectivity index (χ1) is 25.8. The Morgan fingerprint density at radius 3 is 1.09 bits per heavy atom. The number of rotatable bonds is 33. The molecule has 0 aromatic rings.